The first-order chi connectivity index (χ1) is 6.50. The van der Waals surface area contributed by atoms with Crippen molar-refractivity contribution >= 4 is 0 Å². The van der Waals surface area contributed by atoms with Gasteiger partial charge in [-0.1, -0.05) is 13.8 Å². The normalized spacial score (nSPS) is 44.6. The standard InChI is InChI=1S/C12H22O2/c1-11(2)9-4-5-12(3,10(11)8-9)14-7-6-13/h9-10,13H,4-8H2,1-3H3. The van der Waals surface area contributed by atoms with Gasteiger partial charge in [0.1, 0.15) is 0 Å². The molecule has 0 spiro atoms. The first-order valence-corrected chi connectivity index (χ1v) is 5.75. The van der Waals surface area contributed by atoms with Crippen molar-refractivity contribution in [3.63, 3.8) is 0 Å². The summed E-state index contributed by atoms with van der Waals surface area (Å²) in [5.74, 6) is 1.61. The van der Waals surface area contributed by atoms with E-state index in [4.69, 9.17) is 9.84 Å². The largest absolute Gasteiger partial charge is 0.394 e. The molecule has 3 saturated carbocycles. The van der Waals surface area contributed by atoms with Crippen LogP contribution in [0.25, 0.3) is 0 Å². The van der Waals surface area contributed by atoms with Gasteiger partial charge in [-0.25, -0.2) is 0 Å². The fraction of sp³-hybridized carbons (Fsp3) is 1.00. The molecule has 3 rings (SSSR count). The van der Waals surface area contributed by atoms with Crippen LogP contribution in [0.2, 0.25) is 0 Å². The molecule has 0 amide bonds. The van der Waals surface area contributed by atoms with E-state index in [0.29, 0.717) is 17.9 Å². The van der Waals surface area contributed by atoms with Crippen molar-refractivity contribution in [1.82, 2.24) is 0 Å². The zero-order valence-corrected chi connectivity index (χ0v) is 9.55. The van der Waals surface area contributed by atoms with E-state index in [9.17, 15) is 0 Å². The monoisotopic (exact) mass is 198 g/mol. The van der Waals surface area contributed by atoms with Crippen molar-refractivity contribution in [2.24, 2.45) is 17.3 Å². The molecule has 0 heterocycles. The molecular weight excluding hydrogens is 176 g/mol. The Morgan fingerprint density at radius 3 is 2.57 bits per heavy atom. The molecule has 0 aromatic carbocycles. The maximum atomic E-state index is 8.82. The van der Waals surface area contributed by atoms with Crippen LogP contribution < -0.4 is 0 Å². The third kappa shape index (κ3) is 1.31. The lowest BCUT2D eigenvalue weighted by Gasteiger charge is -2.64. The molecule has 0 aromatic heterocycles. The van der Waals surface area contributed by atoms with E-state index in [0.717, 1.165) is 5.92 Å². The summed E-state index contributed by atoms with van der Waals surface area (Å²) in [7, 11) is 0. The summed E-state index contributed by atoms with van der Waals surface area (Å²) in [5.41, 5.74) is 0.490. The Bertz CT molecular complexity index is 222. The summed E-state index contributed by atoms with van der Waals surface area (Å²) in [6, 6.07) is 0. The van der Waals surface area contributed by atoms with Crippen LogP contribution in [-0.2, 0) is 4.74 Å². The zero-order chi connectivity index (χ0) is 10.4. The molecule has 0 aromatic rings. The quantitative estimate of drug-likeness (QED) is 0.753. The van der Waals surface area contributed by atoms with Crippen LogP contribution in [0.3, 0.4) is 0 Å². The number of ether oxygens (including phenoxy) is 1. The van der Waals surface area contributed by atoms with Gasteiger partial charge in [0.25, 0.3) is 0 Å². The Morgan fingerprint density at radius 2 is 2.07 bits per heavy atom. The Morgan fingerprint density at radius 1 is 1.36 bits per heavy atom. The molecule has 2 nitrogen and oxygen atoms in total. The summed E-state index contributed by atoms with van der Waals surface area (Å²) in [5, 5.41) is 8.82. The van der Waals surface area contributed by atoms with Gasteiger partial charge in [-0.3, -0.25) is 0 Å². The van der Waals surface area contributed by atoms with Crippen LogP contribution >= 0.6 is 0 Å². The van der Waals surface area contributed by atoms with E-state index < -0.39 is 0 Å². The average molecular weight is 198 g/mol. The van der Waals surface area contributed by atoms with Crippen molar-refractivity contribution in [1.29, 1.82) is 0 Å². The Labute approximate surface area is 86.6 Å². The predicted molar refractivity (Wildman–Crippen MR) is 56.1 cm³/mol. The van der Waals surface area contributed by atoms with Crippen LogP contribution in [0.5, 0.6) is 0 Å². The molecule has 0 radical (unpaired) electrons. The Kier molecular flexibility index (Phi) is 2.39. The van der Waals surface area contributed by atoms with E-state index in [1.165, 1.54) is 19.3 Å². The molecule has 3 fully saturated rings. The van der Waals surface area contributed by atoms with E-state index in [1.807, 2.05) is 0 Å². The van der Waals surface area contributed by atoms with Crippen molar-refractivity contribution in [2.45, 2.75) is 45.6 Å². The number of hydrogen-bond acceptors (Lipinski definition) is 2. The van der Waals surface area contributed by atoms with Crippen LogP contribution in [0.1, 0.15) is 40.0 Å². The molecule has 0 saturated heterocycles. The Balaban J connectivity index is 2.05. The van der Waals surface area contributed by atoms with E-state index >= 15 is 0 Å². The minimum Gasteiger partial charge on any atom is -0.394 e. The number of rotatable bonds is 3. The van der Waals surface area contributed by atoms with Crippen molar-refractivity contribution in [3.8, 4) is 0 Å². The van der Waals surface area contributed by atoms with Gasteiger partial charge in [0.2, 0.25) is 0 Å². The molecule has 1 N–H and O–H groups in total. The summed E-state index contributed by atoms with van der Waals surface area (Å²) < 4.78 is 5.86. The van der Waals surface area contributed by atoms with Crippen LogP contribution in [0.15, 0.2) is 0 Å². The minimum absolute atomic E-state index is 0.0288. The van der Waals surface area contributed by atoms with E-state index in [-0.39, 0.29) is 12.2 Å². The van der Waals surface area contributed by atoms with Crippen LogP contribution in [0, 0.1) is 17.3 Å². The van der Waals surface area contributed by atoms with Crippen LogP contribution in [0.4, 0.5) is 0 Å². The summed E-state index contributed by atoms with van der Waals surface area (Å²) in [6.45, 7) is 7.60. The van der Waals surface area contributed by atoms with Gasteiger partial charge in [0, 0.05) is 0 Å². The van der Waals surface area contributed by atoms with Crippen molar-refractivity contribution in [3.05, 3.63) is 0 Å². The van der Waals surface area contributed by atoms with Gasteiger partial charge in [-0.15, -0.1) is 0 Å². The summed E-state index contributed by atoms with van der Waals surface area (Å²) in [6.07, 6.45) is 3.80. The maximum absolute atomic E-state index is 8.82. The molecule has 3 unspecified atom stereocenters. The number of fused-ring (bicyclic) bond motifs is 2. The third-order valence-electron chi connectivity index (χ3n) is 4.72. The molecule has 82 valence electrons. The highest BCUT2D eigenvalue weighted by Crippen LogP contribution is 2.63. The van der Waals surface area contributed by atoms with Crippen molar-refractivity contribution in [2.75, 3.05) is 13.2 Å². The topological polar surface area (TPSA) is 29.5 Å². The SMILES string of the molecule is CC1(OCCO)CCC2CC1C2(C)C. The average Bonchev–Trinajstić information content (AvgIpc) is 2.14. The van der Waals surface area contributed by atoms with Gasteiger partial charge >= 0.3 is 0 Å². The molecule has 3 aliphatic carbocycles. The third-order valence-corrected chi connectivity index (χ3v) is 4.72. The Hall–Kier alpha value is -0.0800. The lowest BCUT2D eigenvalue weighted by molar-refractivity contribution is -0.219. The first-order valence-electron chi connectivity index (χ1n) is 5.75. The molecule has 14 heavy (non-hydrogen) atoms. The molecule has 0 aliphatic heterocycles. The van der Waals surface area contributed by atoms with Crippen molar-refractivity contribution < 1.29 is 9.84 Å². The maximum Gasteiger partial charge on any atom is 0.0705 e. The number of aliphatic hydroxyl groups is 1. The van der Waals surface area contributed by atoms with Gasteiger partial charge in [0.15, 0.2) is 0 Å². The lowest BCUT2D eigenvalue weighted by atomic mass is 9.44. The van der Waals surface area contributed by atoms with Gasteiger partial charge in [0.05, 0.1) is 18.8 Å². The van der Waals surface area contributed by atoms with Crippen LogP contribution in [-0.4, -0.2) is 23.9 Å². The first kappa shape index (κ1) is 10.4. The predicted octanol–water partition coefficient (Wildman–Crippen LogP) is 2.21. The second-order valence-electron chi connectivity index (χ2n) is 5.73. The molecular formula is C12H22O2. The second kappa shape index (κ2) is 3.21. The zero-order valence-electron chi connectivity index (χ0n) is 9.55. The fourth-order valence-corrected chi connectivity index (χ4v) is 3.63. The van der Waals surface area contributed by atoms with Gasteiger partial charge in [-0.05, 0) is 43.4 Å². The number of hydrogen-bond donors (Lipinski definition) is 1. The smallest absolute Gasteiger partial charge is 0.0705 e. The molecule has 3 aliphatic rings. The van der Waals surface area contributed by atoms with E-state index in [2.05, 4.69) is 20.8 Å². The molecule has 2 heteroatoms. The number of aliphatic hydroxyl groups excluding tert-OH is 1. The molecule has 3 atom stereocenters. The minimum atomic E-state index is 0.0288. The van der Waals surface area contributed by atoms with Gasteiger partial charge < -0.3 is 9.84 Å². The second-order valence-corrected chi connectivity index (χ2v) is 5.73. The van der Waals surface area contributed by atoms with E-state index in [1.54, 1.807) is 0 Å². The highest BCUT2D eigenvalue weighted by atomic mass is 16.5. The lowest BCUT2D eigenvalue weighted by Crippen LogP contribution is -2.61. The highest BCUT2D eigenvalue weighted by Gasteiger charge is 2.59. The summed E-state index contributed by atoms with van der Waals surface area (Å²) in [4.78, 5) is 0. The molecule has 2 bridgehead atoms. The fourth-order valence-electron chi connectivity index (χ4n) is 3.63. The summed E-state index contributed by atoms with van der Waals surface area (Å²) >= 11 is 0. The highest BCUT2D eigenvalue weighted by molar-refractivity contribution is 5.09. The van der Waals surface area contributed by atoms with Gasteiger partial charge in [-0.2, -0.15) is 0 Å².